The number of fused-ring (bicyclic) bond motifs is 1. The van der Waals surface area contributed by atoms with Crippen LogP contribution in [-0.4, -0.2) is 54.4 Å². The average molecular weight is 508 g/mol. The summed E-state index contributed by atoms with van der Waals surface area (Å²) in [6.45, 7) is 0.431. The Morgan fingerprint density at radius 1 is 1.21 bits per heavy atom. The van der Waals surface area contributed by atoms with E-state index in [1.807, 2.05) is 0 Å². The third-order valence-corrected chi connectivity index (χ3v) is 5.88. The van der Waals surface area contributed by atoms with Gasteiger partial charge in [-0.05, 0) is 30.7 Å². The fraction of sp³-hybridized carbons (Fsp3) is 0.400. The third-order valence-electron chi connectivity index (χ3n) is 4.75. The highest BCUT2D eigenvalue weighted by molar-refractivity contribution is 7.90. The molecule has 0 unspecified atom stereocenters. The third kappa shape index (κ3) is 5.61. The van der Waals surface area contributed by atoms with Gasteiger partial charge >= 0.3 is 11.9 Å². The number of ether oxygens (including phenoxy) is 2. The summed E-state index contributed by atoms with van der Waals surface area (Å²) in [5, 5.41) is 0.0262. The summed E-state index contributed by atoms with van der Waals surface area (Å²) in [5.74, 6) is 0.0924. The van der Waals surface area contributed by atoms with Crippen molar-refractivity contribution >= 4 is 32.6 Å². The molecule has 0 amide bonds. The number of rotatable bonds is 8. The zero-order chi connectivity index (χ0) is 24.6. The molecular weight excluding hydrogens is 487 g/mol. The molecule has 0 saturated heterocycles. The zero-order valence-electron chi connectivity index (χ0n) is 17.9. The summed E-state index contributed by atoms with van der Waals surface area (Å²) in [6.07, 6.45) is -2.56. The maximum Gasteiger partial charge on any atom is 0.406 e. The maximum atomic E-state index is 13.2. The minimum absolute atomic E-state index is 0.0262. The van der Waals surface area contributed by atoms with Gasteiger partial charge in [0.15, 0.2) is 17.1 Å². The van der Waals surface area contributed by atoms with Crippen LogP contribution in [0.25, 0.3) is 11.2 Å². The van der Waals surface area contributed by atoms with Crippen LogP contribution < -0.4 is 15.2 Å². The summed E-state index contributed by atoms with van der Waals surface area (Å²) in [6, 6.07) is 4.54. The summed E-state index contributed by atoms with van der Waals surface area (Å²) in [5.41, 5.74) is -1.05. The van der Waals surface area contributed by atoms with Crippen molar-refractivity contribution in [2.75, 3.05) is 25.7 Å². The van der Waals surface area contributed by atoms with Crippen LogP contribution in [0.1, 0.15) is 18.5 Å². The van der Waals surface area contributed by atoms with Crippen LogP contribution in [0.4, 0.5) is 13.2 Å². The zero-order valence-corrected chi connectivity index (χ0v) is 19.5. The number of pyridine rings is 1. The number of nitrogens with zero attached hydrogens (tertiary/aromatic N) is 3. The minimum atomic E-state index is -4.71. The molecule has 8 nitrogen and oxygen atoms in total. The molecule has 0 aliphatic heterocycles. The van der Waals surface area contributed by atoms with Gasteiger partial charge in [0.05, 0.1) is 36.1 Å². The van der Waals surface area contributed by atoms with Gasteiger partial charge in [-0.2, -0.15) is 13.2 Å². The molecule has 0 N–H and O–H groups in total. The number of aromatic nitrogens is 3. The first-order valence-electron chi connectivity index (χ1n) is 9.66. The first-order chi connectivity index (χ1) is 15.3. The van der Waals surface area contributed by atoms with Crippen LogP contribution in [0.3, 0.4) is 0 Å². The molecule has 0 spiro atoms. The first kappa shape index (κ1) is 24.9. The smallest absolute Gasteiger partial charge is 0.406 e. The summed E-state index contributed by atoms with van der Waals surface area (Å²) < 4.78 is 76.4. The average Bonchev–Trinajstić information content (AvgIpc) is 2.95. The lowest BCUT2D eigenvalue weighted by molar-refractivity contribution is -0.140. The van der Waals surface area contributed by atoms with Gasteiger partial charge in [-0.25, -0.2) is 18.2 Å². The van der Waals surface area contributed by atoms with Gasteiger partial charge in [-0.3, -0.25) is 9.13 Å². The molecule has 0 saturated carbocycles. The van der Waals surface area contributed by atoms with E-state index in [9.17, 15) is 26.4 Å². The number of alkyl halides is 3. The van der Waals surface area contributed by atoms with E-state index in [0.717, 1.165) is 10.8 Å². The van der Waals surface area contributed by atoms with Gasteiger partial charge < -0.3 is 9.47 Å². The van der Waals surface area contributed by atoms with E-state index in [4.69, 9.17) is 21.1 Å². The molecule has 0 radical (unpaired) electrons. The van der Waals surface area contributed by atoms with Gasteiger partial charge in [-0.15, -0.1) is 0 Å². The summed E-state index contributed by atoms with van der Waals surface area (Å²) >= 11 is 5.92. The lowest BCUT2D eigenvalue weighted by Gasteiger charge is -2.20. The number of hydrogen-bond acceptors (Lipinski definition) is 6. The predicted octanol–water partition coefficient (Wildman–Crippen LogP) is 3.46. The minimum Gasteiger partial charge on any atom is -0.493 e. The number of sulfone groups is 1. The molecule has 1 aromatic carbocycles. The first-order valence-corrected chi connectivity index (χ1v) is 12.1. The number of halogens is 4. The maximum absolute atomic E-state index is 13.2. The molecule has 33 heavy (non-hydrogen) atoms. The molecule has 3 rings (SSSR count). The Kier molecular flexibility index (Phi) is 6.99. The van der Waals surface area contributed by atoms with Crippen molar-refractivity contribution in [3.05, 3.63) is 51.5 Å². The number of imidazole rings is 1. The van der Waals surface area contributed by atoms with Crippen molar-refractivity contribution in [2.45, 2.75) is 25.7 Å². The van der Waals surface area contributed by atoms with Crippen LogP contribution in [0.15, 0.2) is 35.3 Å². The van der Waals surface area contributed by atoms with Gasteiger partial charge in [0.2, 0.25) is 0 Å². The Morgan fingerprint density at radius 2 is 1.91 bits per heavy atom. The van der Waals surface area contributed by atoms with E-state index in [-0.39, 0.29) is 22.8 Å². The van der Waals surface area contributed by atoms with E-state index in [1.165, 1.54) is 37.6 Å². The highest BCUT2D eigenvalue weighted by Gasteiger charge is 2.33. The van der Waals surface area contributed by atoms with E-state index in [0.29, 0.717) is 21.6 Å². The van der Waals surface area contributed by atoms with E-state index < -0.39 is 40.0 Å². The van der Waals surface area contributed by atoms with Crippen LogP contribution in [0, 0.1) is 0 Å². The molecule has 2 heterocycles. The molecule has 0 fully saturated rings. The highest BCUT2D eigenvalue weighted by Crippen LogP contribution is 2.33. The Labute approximate surface area is 192 Å². The normalized spacial score (nSPS) is 13.3. The standard InChI is InChI=1S/C20H21ClF3N3O5S/c1-4-32-17-7-12(5-6-16(17)31-2)15(10-33(3,29)30)27-18-14(8-13(21)9-25-18)26(19(27)28)11-20(22,23)24/h5-9,15H,4,10-11H2,1-3H3/t15-/m0/s1. The van der Waals surface area contributed by atoms with Crippen molar-refractivity contribution in [1.82, 2.24) is 14.1 Å². The van der Waals surface area contributed by atoms with Crippen LogP contribution in [-0.2, 0) is 16.4 Å². The molecule has 0 aliphatic rings. The van der Waals surface area contributed by atoms with Crippen molar-refractivity contribution in [3.8, 4) is 11.5 Å². The second-order valence-electron chi connectivity index (χ2n) is 7.30. The molecule has 13 heteroatoms. The molecule has 0 bridgehead atoms. The predicted molar refractivity (Wildman–Crippen MR) is 117 cm³/mol. The van der Waals surface area contributed by atoms with Crippen LogP contribution in [0.2, 0.25) is 5.02 Å². The van der Waals surface area contributed by atoms with E-state index in [2.05, 4.69) is 4.98 Å². The van der Waals surface area contributed by atoms with Gasteiger partial charge in [-0.1, -0.05) is 17.7 Å². The number of benzene rings is 1. The molecule has 0 aliphatic carbocycles. The van der Waals surface area contributed by atoms with Gasteiger partial charge in [0.25, 0.3) is 0 Å². The molecule has 3 aromatic rings. The second kappa shape index (κ2) is 9.26. The topological polar surface area (TPSA) is 92.4 Å². The van der Waals surface area contributed by atoms with Gasteiger partial charge in [0, 0.05) is 12.5 Å². The summed E-state index contributed by atoms with van der Waals surface area (Å²) in [7, 11) is -2.27. The summed E-state index contributed by atoms with van der Waals surface area (Å²) in [4.78, 5) is 17.3. The van der Waals surface area contributed by atoms with Crippen LogP contribution >= 0.6 is 11.6 Å². The SMILES string of the molecule is CCOc1cc([C@H](CS(C)(=O)=O)n2c(=O)n(CC(F)(F)F)c3cc(Cl)cnc32)ccc1OC. The van der Waals surface area contributed by atoms with Crippen LogP contribution in [0.5, 0.6) is 11.5 Å². The molecule has 2 aromatic heterocycles. The fourth-order valence-corrected chi connectivity index (χ4v) is 4.58. The Morgan fingerprint density at radius 3 is 2.48 bits per heavy atom. The fourth-order valence-electron chi connectivity index (χ4n) is 3.52. The lowest BCUT2D eigenvalue weighted by Crippen LogP contribution is -2.34. The largest absolute Gasteiger partial charge is 0.493 e. The van der Waals surface area contributed by atoms with Gasteiger partial charge in [0.1, 0.15) is 16.4 Å². The second-order valence-corrected chi connectivity index (χ2v) is 9.92. The lowest BCUT2D eigenvalue weighted by atomic mass is 10.1. The van der Waals surface area contributed by atoms with Crippen molar-refractivity contribution < 1.29 is 31.1 Å². The Bertz CT molecular complexity index is 1340. The Balaban J connectivity index is 2.33. The number of hydrogen-bond donors (Lipinski definition) is 0. The van der Waals surface area contributed by atoms with Crippen molar-refractivity contribution in [3.63, 3.8) is 0 Å². The monoisotopic (exact) mass is 507 g/mol. The highest BCUT2D eigenvalue weighted by atomic mass is 35.5. The molecular formula is C20H21ClF3N3O5S. The molecule has 180 valence electrons. The van der Waals surface area contributed by atoms with Crippen molar-refractivity contribution in [1.29, 1.82) is 0 Å². The van der Waals surface area contributed by atoms with Crippen molar-refractivity contribution in [2.24, 2.45) is 0 Å². The molecule has 1 atom stereocenters. The van der Waals surface area contributed by atoms with E-state index >= 15 is 0 Å². The van der Waals surface area contributed by atoms with E-state index in [1.54, 1.807) is 6.92 Å². The number of methoxy groups -OCH3 is 1. The quantitative estimate of drug-likeness (QED) is 0.463. The Hall–Kier alpha value is -2.73.